The number of aromatic hydroxyl groups is 2. The molecular weight excluding hydrogens is 1170 g/mol. The molecule has 0 aliphatic heterocycles. The Morgan fingerprint density at radius 1 is 0.444 bits per heavy atom. The van der Waals surface area contributed by atoms with Crippen molar-refractivity contribution in [3.63, 3.8) is 0 Å². The predicted octanol–water partition coefficient (Wildman–Crippen LogP) is 13.4. The second-order valence-corrected chi connectivity index (χ2v) is 32.5. The lowest BCUT2D eigenvalue weighted by Crippen LogP contribution is -2.50. The number of hydrogen-bond donors (Lipinski definition) is 6. The van der Waals surface area contributed by atoms with Crippen molar-refractivity contribution >= 4 is 31.9 Å². The van der Waals surface area contributed by atoms with Crippen LogP contribution in [0.2, 0.25) is 0 Å². The lowest BCUT2D eigenvalue weighted by molar-refractivity contribution is -0.124. The summed E-state index contributed by atoms with van der Waals surface area (Å²) in [5, 5.41) is 31.8. The Labute approximate surface area is 537 Å². The highest BCUT2D eigenvalue weighted by Crippen LogP contribution is 2.44. The average molecular weight is 1270 g/mol. The summed E-state index contributed by atoms with van der Waals surface area (Å²) >= 11 is 0. The minimum atomic E-state index is -4.04. The number of rotatable bonds is 20. The topological polar surface area (TPSA) is 209 Å². The number of carbonyl (C=O) groups is 2. The van der Waals surface area contributed by atoms with E-state index in [0.717, 1.165) is 55.6 Å². The van der Waals surface area contributed by atoms with E-state index in [-0.39, 0.29) is 107 Å². The lowest BCUT2D eigenvalue weighted by Gasteiger charge is -2.28. The number of benzene rings is 6. The molecule has 2 amide bonds. The Morgan fingerprint density at radius 3 is 0.922 bits per heavy atom. The SMILES string of the molecule is CC[C@H](C)[C@H](NS(=O)(=O)c1ccc(C)cc1)C(=O)NCCOc1c2cc(C(C)(C)C)cc1Cc1cc(C(C)(C)C)cc(c1O)Cc1cc(C(C)(C)C)cc(c1OCCNC(=O)[C@@H](NS(=O)(=O)c1ccc(C)cc1)[C@@H](C)CC)Cc1cc(C(C)(C)C)cc(c1O)C2. The summed E-state index contributed by atoms with van der Waals surface area (Å²) in [6, 6.07) is 27.7. The standard InChI is InChI=1S/C74H100N4O10S2/c1-19-47(5)63(77-89(83,84)61-25-21-45(3)22-26-61)69(81)75-29-31-87-67-53-33-49-37-57(71(7,8)9)39-51(65(49)79)35-55-43-60(74(16,17)18)44-56(36-52-40-58(72(10,11)12)38-50(66(52)80)34-54(67)42-59(41-53)73(13,14)15)68(55)88-32-30-76-70(82)64(48(6)20-2)78-90(85,86)62-27-23-46(4)24-28-62/h21-28,37-44,47-48,63-64,77-80H,19-20,29-36H2,1-18H3,(H,75,81)(H,76,82)/t47-,48-,63-,64-/m0/s1. The zero-order chi connectivity index (χ0) is 66.6. The van der Waals surface area contributed by atoms with Gasteiger partial charge in [-0.2, -0.15) is 9.44 Å². The van der Waals surface area contributed by atoms with Crippen LogP contribution in [0.3, 0.4) is 0 Å². The molecule has 4 atom stereocenters. The van der Waals surface area contributed by atoms with Gasteiger partial charge in [0, 0.05) is 25.7 Å². The Hall–Kier alpha value is -6.72. The summed E-state index contributed by atoms with van der Waals surface area (Å²) in [7, 11) is -8.09. The molecule has 488 valence electrons. The molecule has 0 saturated heterocycles. The number of amides is 2. The molecule has 6 N–H and O–H groups in total. The first kappa shape index (κ1) is 70.7. The molecule has 16 heteroatoms. The fourth-order valence-corrected chi connectivity index (χ4v) is 13.7. The summed E-state index contributed by atoms with van der Waals surface area (Å²) in [4.78, 5) is 28.4. The van der Waals surface area contributed by atoms with Crippen LogP contribution in [0.1, 0.15) is 202 Å². The maximum absolute atomic E-state index is 14.1. The molecule has 0 unspecified atom stereocenters. The van der Waals surface area contributed by atoms with Gasteiger partial charge in [0.15, 0.2) is 0 Å². The Morgan fingerprint density at radius 2 is 0.689 bits per heavy atom. The van der Waals surface area contributed by atoms with Gasteiger partial charge in [-0.1, -0.05) is 208 Å². The number of fused-ring (bicyclic) bond motifs is 8. The van der Waals surface area contributed by atoms with Gasteiger partial charge in [0.05, 0.1) is 22.9 Å². The number of carbonyl (C=O) groups excluding carboxylic acids is 2. The monoisotopic (exact) mass is 1270 g/mol. The smallest absolute Gasteiger partial charge is 0.241 e. The van der Waals surface area contributed by atoms with Crippen molar-refractivity contribution in [3.05, 3.63) is 175 Å². The highest BCUT2D eigenvalue weighted by Gasteiger charge is 2.33. The summed E-state index contributed by atoms with van der Waals surface area (Å²) in [6.07, 6.45) is 2.05. The average Bonchev–Trinajstić information content (AvgIpc) is 0.829. The number of phenols is 2. The first-order valence-corrected chi connectivity index (χ1v) is 34.8. The van der Waals surface area contributed by atoms with Crippen LogP contribution in [0.4, 0.5) is 0 Å². The molecule has 7 rings (SSSR count). The minimum absolute atomic E-state index is 0.0134. The van der Waals surface area contributed by atoms with Crippen molar-refractivity contribution in [2.45, 2.75) is 207 Å². The van der Waals surface area contributed by atoms with Crippen LogP contribution in [0.15, 0.2) is 107 Å². The van der Waals surface area contributed by atoms with Gasteiger partial charge in [-0.05, 0) is 138 Å². The number of phenolic OH excluding ortho intramolecular Hbond substituents is 2. The van der Waals surface area contributed by atoms with Gasteiger partial charge in [-0.15, -0.1) is 0 Å². The van der Waals surface area contributed by atoms with E-state index in [1.165, 1.54) is 24.3 Å². The van der Waals surface area contributed by atoms with E-state index in [4.69, 9.17) is 9.47 Å². The van der Waals surface area contributed by atoms with E-state index >= 15 is 0 Å². The third kappa shape index (κ3) is 17.4. The van der Waals surface area contributed by atoms with E-state index in [1.54, 1.807) is 24.3 Å². The fourth-order valence-electron chi connectivity index (χ4n) is 11.1. The molecule has 6 aromatic carbocycles. The Bertz CT molecular complexity index is 3450. The van der Waals surface area contributed by atoms with E-state index in [0.29, 0.717) is 46.6 Å². The second kappa shape index (κ2) is 28.0. The maximum Gasteiger partial charge on any atom is 0.241 e. The molecule has 0 spiro atoms. The number of nitrogens with one attached hydrogen (secondary N) is 4. The van der Waals surface area contributed by atoms with Crippen LogP contribution in [0.25, 0.3) is 0 Å². The fraction of sp³-hybridized carbons (Fsp3) is 0.486. The largest absolute Gasteiger partial charge is 0.507 e. The molecule has 0 aromatic heterocycles. The normalized spacial score (nSPS) is 14.7. The zero-order valence-corrected chi connectivity index (χ0v) is 58.2. The van der Waals surface area contributed by atoms with Crippen LogP contribution in [0.5, 0.6) is 23.0 Å². The van der Waals surface area contributed by atoms with Crippen molar-refractivity contribution in [2.24, 2.45) is 11.8 Å². The molecule has 6 aromatic rings. The van der Waals surface area contributed by atoms with Gasteiger partial charge in [0.2, 0.25) is 31.9 Å². The highest BCUT2D eigenvalue weighted by atomic mass is 32.2. The lowest BCUT2D eigenvalue weighted by atomic mass is 9.79. The third-order valence-electron chi connectivity index (χ3n) is 17.5. The van der Waals surface area contributed by atoms with Crippen molar-refractivity contribution in [3.8, 4) is 23.0 Å². The van der Waals surface area contributed by atoms with Crippen molar-refractivity contribution in [1.82, 2.24) is 20.1 Å². The maximum atomic E-state index is 14.1. The summed E-state index contributed by atoms with van der Waals surface area (Å²) in [5.74, 6) is -0.300. The molecule has 8 bridgehead atoms. The van der Waals surface area contributed by atoms with Crippen LogP contribution in [-0.4, -0.2) is 77.2 Å². The quantitative estimate of drug-likeness (QED) is 0.0398. The summed E-state index contributed by atoms with van der Waals surface area (Å²) < 4.78 is 73.9. The molecule has 0 radical (unpaired) electrons. The van der Waals surface area contributed by atoms with Gasteiger partial charge >= 0.3 is 0 Å². The Balaban J connectivity index is 1.34. The summed E-state index contributed by atoms with van der Waals surface area (Å²) in [6.45, 7) is 37.2. The van der Waals surface area contributed by atoms with E-state index < -0.39 is 43.9 Å². The number of sulfonamides is 2. The van der Waals surface area contributed by atoms with E-state index in [9.17, 15) is 36.6 Å². The minimum Gasteiger partial charge on any atom is -0.507 e. The van der Waals surface area contributed by atoms with Crippen LogP contribution >= 0.6 is 0 Å². The van der Waals surface area contributed by atoms with Gasteiger partial charge in [-0.25, -0.2) is 16.8 Å². The molecule has 1 aliphatic rings. The van der Waals surface area contributed by atoms with Gasteiger partial charge in [-0.3, -0.25) is 9.59 Å². The number of aryl methyl sites for hydroxylation is 2. The first-order chi connectivity index (χ1) is 41.8. The van der Waals surface area contributed by atoms with Gasteiger partial charge in [0.25, 0.3) is 0 Å². The number of hydrogen-bond acceptors (Lipinski definition) is 10. The van der Waals surface area contributed by atoms with Crippen LogP contribution < -0.4 is 29.6 Å². The molecule has 0 fully saturated rings. The zero-order valence-electron chi connectivity index (χ0n) is 56.6. The molecule has 14 nitrogen and oxygen atoms in total. The van der Waals surface area contributed by atoms with Crippen LogP contribution in [0, 0.1) is 25.7 Å². The van der Waals surface area contributed by atoms with Crippen molar-refractivity contribution < 1.29 is 46.1 Å². The molecular formula is C74H100N4O10S2. The van der Waals surface area contributed by atoms with Crippen molar-refractivity contribution in [2.75, 3.05) is 26.3 Å². The number of ether oxygens (including phenoxy) is 2. The molecule has 0 saturated carbocycles. The second-order valence-electron chi connectivity index (χ2n) is 29.1. The highest BCUT2D eigenvalue weighted by molar-refractivity contribution is 7.89. The molecule has 90 heavy (non-hydrogen) atoms. The van der Waals surface area contributed by atoms with Gasteiger partial charge < -0.3 is 30.3 Å². The Kier molecular flexibility index (Phi) is 22.0. The summed E-state index contributed by atoms with van der Waals surface area (Å²) in [5.41, 5.74) is 10.3. The predicted molar refractivity (Wildman–Crippen MR) is 362 cm³/mol. The van der Waals surface area contributed by atoms with Crippen molar-refractivity contribution in [1.29, 1.82) is 0 Å². The van der Waals surface area contributed by atoms with E-state index in [1.807, 2.05) is 41.5 Å². The van der Waals surface area contributed by atoms with E-state index in [2.05, 4.69) is 152 Å². The van der Waals surface area contributed by atoms with Gasteiger partial charge in [0.1, 0.15) is 48.3 Å². The molecule has 1 aliphatic carbocycles. The molecule has 0 heterocycles. The first-order valence-electron chi connectivity index (χ1n) is 31.8. The third-order valence-corrected chi connectivity index (χ3v) is 20.4. The van der Waals surface area contributed by atoms with Crippen LogP contribution in [-0.2, 0) is 77.0 Å².